The predicted octanol–water partition coefficient (Wildman–Crippen LogP) is 1.50. The minimum Gasteiger partial charge on any atom is -0.469 e. The monoisotopic (exact) mass is 285 g/mol. The number of ether oxygens (including phenoxy) is 2. The second-order valence-corrected chi connectivity index (χ2v) is 5.84. The van der Waals surface area contributed by atoms with Crippen LogP contribution in [0.5, 0.6) is 0 Å². The van der Waals surface area contributed by atoms with E-state index in [1.807, 2.05) is 12.1 Å². The van der Waals surface area contributed by atoms with Gasteiger partial charge in [-0.25, -0.2) is 0 Å². The van der Waals surface area contributed by atoms with Crippen LogP contribution in [0.15, 0.2) is 12.1 Å². The van der Waals surface area contributed by atoms with E-state index < -0.39 is 5.54 Å². The number of rotatable bonds is 6. The summed E-state index contributed by atoms with van der Waals surface area (Å²) >= 11 is 1.52. The SMILES string of the molecule is COC(=O)Cc1ccc(CNC(C)(C)C(=O)OC)s1. The van der Waals surface area contributed by atoms with Crippen molar-refractivity contribution < 1.29 is 19.1 Å². The van der Waals surface area contributed by atoms with Crippen molar-refractivity contribution in [2.75, 3.05) is 14.2 Å². The highest BCUT2D eigenvalue weighted by Gasteiger charge is 2.27. The predicted molar refractivity (Wildman–Crippen MR) is 73.0 cm³/mol. The molecule has 1 aromatic rings. The lowest BCUT2D eigenvalue weighted by Crippen LogP contribution is -2.46. The van der Waals surface area contributed by atoms with E-state index in [0.717, 1.165) is 9.75 Å². The molecule has 0 aliphatic carbocycles. The van der Waals surface area contributed by atoms with Gasteiger partial charge in [0.15, 0.2) is 0 Å². The first-order valence-corrected chi connectivity index (χ1v) is 6.68. The van der Waals surface area contributed by atoms with E-state index in [1.54, 1.807) is 13.8 Å². The van der Waals surface area contributed by atoms with Crippen molar-refractivity contribution in [3.8, 4) is 0 Å². The molecule has 5 nitrogen and oxygen atoms in total. The van der Waals surface area contributed by atoms with Crippen molar-refractivity contribution in [3.63, 3.8) is 0 Å². The van der Waals surface area contributed by atoms with E-state index in [0.29, 0.717) is 6.54 Å². The highest BCUT2D eigenvalue weighted by atomic mass is 32.1. The van der Waals surface area contributed by atoms with Crippen LogP contribution >= 0.6 is 11.3 Å². The molecule has 1 aromatic heterocycles. The molecule has 0 amide bonds. The molecular weight excluding hydrogens is 266 g/mol. The molecule has 0 saturated carbocycles. The first kappa shape index (κ1) is 15.7. The van der Waals surface area contributed by atoms with Crippen LogP contribution in [0.4, 0.5) is 0 Å². The quantitative estimate of drug-likeness (QED) is 0.803. The lowest BCUT2D eigenvalue weighted by atomic mass is 10.1. The standard InChI is InChI=1S/C13H19NO4S/c1-13(2,12(16)18-4)14-8-10-6-5-9(19-10)7-11(15)17-3/h5-6,14H,7-8H2,1-4H3. The molecule has 0 bridgehead atoms. The second-order valence-electron chi connectivity index (χ2n) is 4.59. The van der Waals surface area contributed by atoms with Gasteiger partial charge in [0.05, 0.1) is 20.6 Å². The fourth-order valence-electron chi connectivity index (χ4n) is 1.46. The number of hydrogen-bond donors (Lipinski definition) is 1. The summed E-state index contributed by atoms with van der Waals surface area (Å²) in [5.41, 5.74) is -0.735. The summed E-state index contributed by atoms with van der Waals surface area (Å²) in [5, 5.41) is 3.13. The van der Waals surface area contributed by atoms with Crippen LogP contribution in [-0.2, 0) is 32.0 Å². The molecular formula is C13H19NO4S. The third-order valence-corrected chi connectivity index (χ3v) is 3.75. The maximum absolute atomic E-state index is 11.5. The fourth-order valence-corrected chi connectivity index (χ4v) is 2.41. The van der Waals surface area contributed by atoms with Gasteiger partial charge in [-0.15, -0.1) is 11.3 Å². The van der Waals surface area contributed by atoms with E-state index in [1.165, 1.54) is 25.6 Å². The van der Waals surface area contributed by atoms with Gasteiger partial charge in [-0.05, 0) is 26.0 Å². The van der Waals surface area contributed by atoms with Gasteiger partial charge in [-0.2, -0.15) is 0 Å². The largest absolute Gasteiger partial charge is 0.469 e. The van der Waals surface area contributed by atoms with Crippen molar-refractivity contribution in [3.05, 3.63) is 21.9 Å². The zero-order valence-electron chi connectivity index (χ0n) is 11.6. The van der Waals surface area contributed by atoms with E-state index in [-0.39, 0.29) is 18.4 Å². The van der Waals surface area contributed by atoms with Crippen LogP contribution in [0.2, 0.25) is 0 Å². The summed E-state index contributed by atoms with van der Waals surface area (Å²) in [4.78, 5) is 24.6. The van der Waals surface area contributed by atoms with Crippen LogP contribution in [0.3, 0.4) is 0 Å². The molecule has 0 aliphatic rings. The number of carbonyl (C=O) groups is 2. The van der Waals surface area contributed by atoms with Crippen molar-refractivity contribution in [2.24, 2.45) is 0 Å². The van der Waals surface area contributed by atoms with E-state index >= 15 is 0 Å². The Bertz CT molecular complexity index is 453. The Hall–Kier alpha value is -1.40. The third kappa shape index (κ3) is 4.65. The van der Waals surface area contributed by atoms with Crippen LogP contribution in [-0.4, -0.2) is 31.7 Å². The second kappa shape index (κ2) is 6.68. The molecule has 0 aromatic carbocycles. The maximum atomic E-state index is 11.5. The molecule has 6 heteroatoms. The Balaban J connectivity index is 2.55. The number of hydrogen-bond acceptors (Lipinski definition) is 6. The topological polar surface area (TPSA) is 64.6 Å². The van der Waals surface area contributed by atoms with Crippen molar-refractivity contribution >= 4 is 23.3 Å². The van der Waals surface area contributed by atoms with Crippen LogP contribution in [0, 0.1) is 0 Å². The molecule has 0 saturated heterocycles. The normalized spacial score (nSPS) is 11.2. The van der Waals surface area contributed by atoms with Gasteiger partial charge < -0.3 is 9.47 Å². The molecule has 1 heterocycles. The summed E-state index contributed by atoms with van der Waals surface area (Å²) in [5.74, 6) is -0.560. The Labute approximate surface area is 116 Å². The number of methoxy groups -OCH3 is 2. The number of esters is 2. The number of carbonyl (C=O) groups excluding carboxylic acids is 2. The minimum absolute atomic E-state index is 0.253. The lowest BCUT2D eigenvalue weighted by molar-refractivity contribution is -0.147. The van der Waals surface area contributed by atoms with Gasteiger partial charge in [0.1, 0.15) is 5.54 Å². The smallest absolute Gasteiger partial charge is 0.325 e. The molecule has 0 atom stereocenters. The summed E-state index contributed by atoms with van der Waals surface area (Å²) < 4.78 is 9.33. The first-order chi connectivity index (χ1) is 8.89. The van der Waals surface area contributed by atoms with Gasteiger partial charge in [-0.1, -0.05) is 0 Å². The molecule has 0 radical (unpaired) electrons. The average molecular weight is 285 g/mol. The molecule has 0 unspecified atom stereocenters. The molecule has 0 spiro atoms. The summed E-state index contributed by atoms with van der Waals surface area (Å²) in [7, 11) is 2.74. The highest BCUT2D eigenvalue weighted by molar-refractivity contribution is 7.12. The molecule has 0 fully saturated rings. The Morgan fingerprint density at radius 3 is 2.42 bits per heavy atom. The van der Waals surface area contributed by atoms with Crippen LogP contribution < -0.4 is 5.32 Å². The minimum atomic E-state index is -0.735. The summed E-state index contributed by atoms with van der Waals surface area (Å²) in [6, 6.07) is 3.83. The van der Waals surface area contributed by atoms with Gasteiger partial charge in [0.2, 0.25) is 0 Å². The number of thiophene rings is 1. The Morgan fingerprint density at radius 2 is 1.84 bits per heavy atom. The molecule has 1 N–H and O–H groups in total. The van der Waals surface area contributed by atoms with Crippen molar-refractivity contribution in [1.82, 2.24) is 5.32 Å². The molecule has 0 aliphatic heterocycles. The zero-order valence-corrected chi connectivity index (χ0v) is 12.4. The van der Waals surface area contributed by atoms with Crippen LogP contribution in [0.25, 0.3) is 0 Å². The van der Waals surface area contributed by atoms with Gasteiger partial charge >= 0.3 is 11.9 Å². The fraction of sp³-hybridized carbons (Fsp3) is 0.538. The third-order valence-electron chi connectivity index (χ3n) is 2.66. The van der Waals surface area contributed by atoms with E-state index in [9.17, 15) is 9.59 Å². The Kier molecular flexibility index (Phi) is 5.50. The number of nitrogens with one attached hydrogen (secondary N) is 1. The lowest BCUT2D eigenvalue weighted by Gasteiger charge is -2.22. The van der Waals surface area contributed by atoms with Crippen molar-refractivity contribution in [2.45, 2.75) is 32.4 Å². The van der Waals surface area contributed by atoms with Gasteiger partial charge in [-0.3, -0.25) is 14.9 Å². The first-order valence-electron chi connectivity index (χ1n) is 5.87. The molecule has 19 heavy (non-hydrogen) atoms. The summed E-state index contributed by atoms with van der Waals surface area (Å²) in [6.07, 6.45) is 0.279. The van der Waals surface area contributed by atoms with Crippen molar-refractivity contribution in [1.29, 1.82) is 0 Å². The van der Waals surface area contributed by atoms with Gasteiger partial charge in [0.25, 0.3) is 0 Å². The maximum Gasteiger partial charge on any atom is 0.325 e. The van der Waals surface area contributed by atoms with Crippen LogP contribution in [0.1, 0.15) is 23.6 Å². The summed E-state index contributed by atoms with van der Waals surface area (Å²) in [6.45, 7) is 4.08. The highest BCUT2D eigenvalue weighted by Crippen LogP contribution is 2.18. The molecule has 106 valence electrons. The van der Waals surface area contributed by atoms with E-state index in [2.05, 4.69) is 10.1 Å². The zero-order chi connectivity index (χ0) is 14.5. The molecule has 1 rings (SSSR count). The average Bonchev–Trinajstić information content (AvgIpc) is 2.82. The van der Waals surface area contributed by atoms with Gasteiger partial charge in [0, 0.05) is 16.3 Å². The Morgan fingerprint density at radius 1 is 1.21 bits per heavy atom. The van der Waals surface area contributed by atoms with E-state index in [4.69, 9.17) is 4.74 Å².